The standard InChI is InChI=1S/C14H12N4O2/c15-9-3-6-11-12(7-9)18(14(20)17-11)10-4-1-8(2-5-10)13(16)19/h1-7H,15H2,(H2,16,19)(H,17,20). The number of benzene rings is 2. The van der Waals surface area contributed by atoms with Crippen molar-refractivity contribution in [2.45, 2.75) is 0 Å². The fourth-order valence-corrected chi connectivity index (χ4v) is 2.15. The highest BCUT2D eigenvalue weighted by atomic mass is 16.1. The van der Waals surface area contributed by atoms with Crippen LogP contribution in [0.25, 0.3) is 16.7 Å². The summed E-state index contributed by atoms with van der Waals surface area (Å²) in [6, 6.07) is 11.7. The molecular weight excluding hydrogens is 256 g/mol. The maximum absolute atomic E-state index is 12.0. The molecule has 0 aliphatic carbocycles. The lowest BCUT2D eigenvalue weighted by Gasteiger charge is -2.04. The number of anilines is 1. The summed E-state index contributed by atoms with van der Waals surface area (Å²) >= 11 is 0. The predicted octanol–water partition coefficient (Wildman–Crippen LogP) is 1.000. The number of nitrogens with zero attached hydrogens (tertiary/aromatic N) is 1. The second kappa shape index (κ2) is 4.27. The number of aromatic nitrogens is 2. The fraction of sp³-hybridized carbons (Fsp3) is 0. The highest BCUT2D eigenvalue weighted by Gasteiger charge is 2.09. The second-order valence-electron chi connectivity index (χ2n) is 4.45. The van der Waals surface area contributed by atoms with Crippen molar-refractivity contribution < 1.29 is 4.79 Å². The zero-order valence-corrected chi connectivity index (χ0v) is 10.5. The van der Waals surface area contributed by atoms with E-state index >= 15 is 0 Å². The number of imidazole rings is 1. The first kappa shape index (κ1) is 12.0. The van der Waals surface area contributed by atoms with E-state index in [9.17, 15) is 9.59 Å². The molecule has 100 valence electrons. The van der Waals surface area contributed by atoms with E-state index in [-0.39, 0.29) is 5.69 Å². The summed E-state index contributed by atoms with van der Waals surface area (Å²) in [5.74, 6) is -0.507. The van der Waals surface area contributed by atoms with Crippen LogP contribution in [0.2, 0.25) is 0 Å². The molecule has 3 aromatic rings. The van der Waals surface area contributed by atoms with Gasteiger partial charge in [-0.15, -0.1) is 0 Å². The van der Waals surface area contributed by atoms with Gasteiger partial charge in [-0.2, -0.15) is 0 Å². The number of hydrogen-bond acceptors (Lipinski definition) is 3. The van der Waals surface area contributed by atoms with Crippen LogP contribution in [-0.2, 0) is 0 Å². The number of nitrogen functional groups attached to an aromatic ring is 1. The van der Waals surface area contributed by atoms with E-state index in [1.807, 2.05) is 0 Å². The molecule has 0 aliphatic heterocycles. The largest absolute Gasteiger partial charge is 0.399 e. The van der Waals surface area contributed by atoms with E-state index in [0.29, 0.717) is 28.0 Å². The molecule has 0 fully saturated rings. The molecule has 5 N–H and O–H groups in total. The highest BCUT2D eigenvalue weighted by Crippen LogP contribution is 2.18. The molecule has 0 atom stereocenters. The molecule has 20 heavy (non-hydrogen) atoms. The van der Waals surface area contributed by atoms with Crippen molar-refractivity contribution in [1.82, 2.24) is 9.55 Å². The Hall–Kier alpha value is -3.02. The first-order valence-corrected chi connectivity index (χ1v) is 5.97. The topological polar surface area (TPSA) is 107 Å². The van der Waals surface area contributed by atoms with Crippen molar-refractivity contribution >= 4 is 22.6 Å². The van der Waals surface area contributed by atoms with Crippen LogP contribution in [0.15, 0.2) is 47.3 Å². The van der Waals surface area contributed by atoms with Crippen molar-refractivity contribution in [2.24, 2.45) is 5.73 Å². The van der Waals surface area contributed by atoms with E-state index in [1.165, 1.54) is 4.57 Å². The molecule has 0 radical (unpaired) electrons. The molecule has 6 nitrogen and oxygen atoms in total. The number of rotatable bonds is 2. The number of carbonyl (C=O) groups is 1. The highest BCUT2D eigenvalue weighted by molar-refractivity contribution is 5.93. The third kappa shape index (κ3) is 1.83. The number of carbonyl (C=O) groups excluding carboxylic acids is 1. The Labute approximate surface area is 113 Å². The van der Waals surface area contributed by atoms with Gasteiger partial charge in [-0.1, -0.05) is 0 Å². The monoisotopic (exact) mass is 268 g/mol. The van der Waals surface area contributed by atoms with Crippen molar-refractivity contribution in [2.75, 3.05) is 5.73 Å². The van der Waals surface area contributed by atoms with Crippen LogP contribution < -0.4 is 17.2 Å². The smallest absolute Gasteiger partial charge is 0.331 e. The molecule has 0 spiro atoms. The normalized spacial score (nSPS) is 10.8. The van der Waals surface area contributed by atoms with Crippen molar-refractivity contribution in [3.05, 3.63) is 58.5 Å². The number of nitrogens with one attached hydrogen (secondary N) is 1. The molecule has 2 aromatic carbocycles. The molecule has 3 rings (SSSR count). The molecule has 0 saturated heterocycles. The average Bonchev–Trinajstić information content (AvgIpc) is 2.74. The molecule has 1 heterocycles. The van der Waals surface area contributed by atoms with Gasteiger partial charge in [0.15, 0.2) is 0 Å². The average molecular weight is 268 g/mol. The molecule has 1 aromatic heterocycles. The Kier molecular flexibility index (Phi) is 2.57. The summed E-state index contributed by atoms with van der Waals surface area (Å²) in [4.78, 5) is 25.8. The summed E-state index contributed by atoms with van der Waals surface area (Å²) < 4.78 is 1.50. The fourth-order valence-electron chi connectivity index (χ4n) is 2.15. The van der Waals surface area contributed by atoms with Crippen molar-refractivity contribution in [1.29, 1.82) is 0 Å². The number of aromatic amines is 1. The quantitative estimate of drug-likeness (QED) is 0.603. The Morgan fingerprint density at radius 2 is 1.80 bits per heavy atom. The first-order valence-electron chi connectivity index (χ1n) is 5.97. The minimum absolute atomic E-state index is 0.266. The van der Waals surface area contributed by atoms with Gasteiger partial charge in [0.1, 0.15) is 0 Å². The first-order chi connectivity index (χ1) is 9.56. The molecule has 0 bridgehead atoms. The van der Waals surface area contributed by atoms with E-state index < -0.39 is 5.91 Å². The molecule has 0 aliphatic rings. The van der Waals surface area contributed by atoms with Crippen LogP contribution in [0.5, 0.6) is 0 Å². The Morgan fingerprint density at radius 1 is 1.10 bits per heavy atom. The van der Waals surface area contributed by atoms with Gasteiger partial charge in [0.25, 0.3) is 0 Å². The van der Waals surface area contributed by atoms with Gasteiger partial charge in [0, 0.05) is 11.3 Å². The Bertz CT molecular complexity index is 859. The summed E-state index contributed by atoms with van der Waals surface area (Å²) in [5.41, 5.74) is 13.7. The lowest BCUT2D eigenvalue weighted by atomic mass is 10.2. The Morgan fingerprint density at radius 3 is 2.45 bits per heavy atom. The van der Waals surface area contributed by atoms with Gasteiger partial charge in [-0.05, 0) is 42.5 Å². The van der Waals surface area contributed by atoms with Gasteiger partial charge in [-0.3, -0.25) is 9.36 Å². The minimum atomic E-state index is -0.507. The lowest BCUT2D eigenvalue weighted by Crippen LogP contribution is -2.15. The van der Waals surface area contributed by atoms with Gasteiger partial charge < -0.3 is 16.5 Å². The van der Waals surface area contributed by atoms with Crippen LogP contribution in [0.3, 0.4) is 0 Å². The van der Waals surface area contributed by atoms with E-state index in [2.05, 4.69) is 4.98 Å². The third-order valence-corrected chi connectivity index (χ3v) is 3.12. The van der Waals surface area contributed by atoms with E-state index in [4.69, 9.17) is 11.5 Å². The molecule has 0 unspecified atom stereocenters. The summed E-state index contributed by atoms with van der Waals surface area (Å²) in [5, 5.41) is 0. The van der Waals surface area contributed by atoms with Crippen LogP contribution in [0.4, 0.5) is 5.69 Å². The van der Waals surface area contributed by atoms with Crippen LogP contribution in [-0.4, -0.2) is 15.5 Å². The van der Waals surface area contributed by atoms with E-state index in [0.717, 1.165) is 0 Å². The van der Waals surface area contributed by atoms with Gasteiger partial charge in [-0.25, -0.2) is 4.79 Å². The maximum atomic E-state index is 12.0. The third-order valence-electron chi connectivity index (χ3n) is 3.12. The summed E-state index contributed by atoms with van der Waals surface area (Å²) in [6.45, 7) is 0. The van der Waals surface area contributed by atoms with Gasteiger partial charge in [0.05, 0.1) is 16.7 Å². The predicted molar refractivity (Wildman–Crippen MR) is 76.8 cm³/mol. The van der Waals surface area contributed by atoms with Crippen molar-refractivity contribution in [3.8, 4) is 5.69 Å². The zero-order chi connectivity index (χ0) is 14.3. The molecule has 0 saturated carbocycles. The number of H-pyrrole nitrogens is 1. The number of hydrogen-bond donors (Lipinski definition) is 3. The van der Waals surface area contributed by atoms with Gasteiger partial charge >= 0.3 is 5.69 Å². The molecular formula is C14H12N4O2. The number of nitrogens with two attached hydrogens (primary N) is 2. The van der Waals surface area contributed by atoms with E-state index in [1.54, 1.807) is 42.5 Å². The SMILES string of the molecule is NC(=O)c1ccc(-n2c(=O)[nH]c3ccc(N)cc32)cc1. The minimum Gasteiger partial charge on any atom is -0.399 e. The Balaban J connectivity index is 2.23. The number of primary amides is 1. The van der Waals surface area contributed by atoms with Crippen LogP contribution >= 0.6 is 0 Å². The van der Waals surface area contributed by atoms with Crippen molar-refractivity contribution in [3.63, 3.8) is 0 Å². The second-order valence-corrected chi connectivity index (χ2v) is 4.45. The van der Waals surface area contributed by atoms with Crippen LogP contribution in [0, 0.1) is 0 Å². The van der Waals surface area contributed by atoms with Gasteiger partial charge in [0.2, 0.25) is 5.91 Å². The zero-order valence-electron chi connectivity index (χ0n) is 10.5. The number of fused-ring (bicyclic) bond motifs is 1. The molecule has 1 amide bonds. The lowest BCUT2D eigenvalue weighted by molar-refractivity contribution is 0.100. The summed E-state index contributed by atoms with van der Waals surface area (Å²) in [6.07, 6.45) is 0. The maximum Gasteiger partial charge on any atom is 0.331 e. The number of amides is 1. The summed E-state index contributed by atoms with van der Waals surface area (Å²) in [7, 11) is 0. The van der Waals surface area contributed by atoms with Crippen LogP contribution in [0.1, 0.15) is 10.4 Å². The molecule has 6 heteroatoms.